The first-order valence-corrected chi connectivity index (χ1v) is 8.24. The van der Waals surface area contributed by atoms with Gasteiger partial charge in [0.15, 0.2) is 0 Å². The van der Waals surface area contributed by atoms with E-state index >= 15 is 0 Å². The minimum atomic E-state index is -0.494. The van der Waals surface area contributed by atoms with Gasteiger partial charge >= 0.3 is 0 Å². The molecule has 25 heavy (non-hydrogen) atoms. The molecule has 0 aliphatic heterocycles. The third-order valence-electron chi connectivity index (χ3n) is 3.96. The lowest BCUT2D eigenvalue weighted by Crippen LogP contribution is -2.31. The molecule has 2 amide bonds. The predicted molar refractivity (Wildman–Crippen MR) is 102 cm³/mol. The van der Waals surface area contributed by atoms with Gasteiger partial charge in [0.1, 0.15) is 6.04 Å². The Hall–Kier alpha value is -2.82. The number of carbonyl (C=O) groups excluding carboxylic acids is 2. The van der Waals surface area contributed by atoms with E-state index in [2.05, 4.69) is 43.5 Å². The molecule has 2 aromatic carbocycles. The smallest absolute Gasteiger partial charge is 0.248 e. The fourth-order valence-corrected chi connectivity index (χ4v) is 2.35. The van der Waals surface area contributed by atoms with E-state index in [4.69, 9.17) is 5.73 Å². The van der Waals surface area contributed by atoms with Gasteiger partial charge in [-0.15, -0.1) is 0 Å². The standard InChI is InChI=1S/C20H25N3O2/c1-13(22-16-11-7-15(8-12-16)20(2,3)4)19(25)23-17-9-5-14(6-10-17)18(21)24/h5-13,22H,1-4H3,(H2,21,24)(H,23,25)/t13-/m0/s1. The molecule has 0 aromatic heterocycles. The highest BCUT2D eigenvalue weighted by Crippen LogP contribution is 2.23. The van der Waals surface area contributed by atoms with Gasteiger partial charge in [0.05, 0.1) is 0 Å². The maximum absolute atomic E-state index is 12.3. The molecule has 0 aliphatic carbocycles. The topological polar surface area (TPSA) is 84.2 Å². The van der Waals surface area contributed by atoms with Crippen LogP contribution in [0, 0.1) is 0 Å². The van der Waals surface area contributed by atoms with Gasteiger partial charge in [0, 0.05) is 16.9 Å². The van der Waals surface area contributed by atoms with E-state index in [-0.39, 0.29) is 11.3 Å². The molecule has 132 valence electrons. The largest absolute Gasteiger partial charge is 0.374 e. The van der Waals surface area contributed by atoms with Crippen molar-refractivity contribution in [2.75, 3.05) is 10.6 Å². The van der Waals surface area contributed by atoms with Gasteiger partial charge in [-0.05, 0) is 54.3 Å². The lowest BCUT2D eigenvalue weighted by atomic mass is 9.87. The Morgan fingerprint density at radius 3 is 1.92 bits per heavy atom. The Kier molecular flexibility index (Phi) is 5.47. The van der Waals surface area contributed by atoms with Gasteiger partial charge in [-0.3, -0.25) is 9.59 Å². The summed E-state index contributed by atoms with van der Waals surface area (Å²) in [4.78, 5) is 23.4. The number of benzene rings is 2. The highest BCUT2D eigenvalue weighted by Gasteiger charge is 2.15. The van der Waals surface area contributed by atoms with Crippen LogP contribution in [0.4, 0.5) is 11.4 Å². The zero-order valence-corrected chi connectivity index (χ0v) is 15.1. The summed E-state index contributed by atoms with van der Waals surface area (Å²) in [6.07, 6.45) is 0. The second kappa shape index (κ2) is 7.38. The Morgan fingerprint density at radius 1 is 0.920 bits per heavy atom. The van der Waals surface area contributed by atoms with Crippen LogP contribution in [0.5, 0.6) is 0 Å². The van der Waals surface area contributed by atoms with E-state index < -0.39 is 11.9 Å². The van der Waals surface area contributed by atoms with Gasteiger partial charge in [-0.25, -0.2) is 0 Å². The maximum atomic E-state index is 12.3. The third kappa shape index (κ3) is 5.08. The number of hydrogen-bond acceptors (Lipinski definition) is 3. The first-order valence-electron chi connectivity index (χ1n) is 8.24. The second-order valence-electron chi connectivity index (χ2n) is 7.12. The predicted octanol–water partition coefficient (Wildman–Crippen LogP) is 3.52. The molecule has 0 heterocycles. The van der Waals surface area contributed by atoms with Crippen molar-refractivity contribution in [3.63, 3.8) is 0 Å². The number of nitrogens with one attached hydrogen (secondary N) is 2. The van der Waals surface area contributed by atoms with E-state index in [0.29, 0.717) is 11.3 Å². The summed E-state index contributed by atoms with van der Waals surface area (Å²) in [7, 11) is 0. The molecule has 1 atom stereocenters. The van der Waals surface area contributed by atoms with Gasteiger partial charge in [0.25, 0.3) is 0 Å². The summed E-state index contributed by atoms with van der Waals surface area (Å²) in [5.41, 5.74) is 8.45. The van der Waals surface area contributed by atoms with Crippen LogP contribution >= 0.6 is 0 Å². The monoisotopic (exact) mass is 339 g/mol. The molecule has 0 bridgehead atoms. The van der Waals surface area contributed by atoms with Crippen LogP contribution in [0.1, 0.15) is 43.6 Å². The number of anilines is 2. The highest BCUT2D eigenvalue weighted by molar-refractivity contribution is 5.97. The van der Waals surface area contributed by atoms with Gasteiger partial charge in [0.2, 0.25) is 11.8 Å². The van der Waals surface area contributed by atoms with Crippen molar-refractivity contribution in [2.24, 2.45) is 5.73 Å². The summed E-state index contributed by atoms with van der Waals surface area (Å²) in [5.74, 6) is -0.654. The van der Waals surface area contributed by atoms with Crippen LogP contribution in [-0.4, -0.2) is 17.9 Å². The van der Waals surface area contributed by atoms with Crippen LogP contribution in [0.2, 0.25) is 0 Å². The van der Waals surface area contributed by atoms with E-state index in [1.54, 1.807) is 31.2 Å². The summed E-state index contributed by atoms with van der Waals surface area (Å²) in [6, 6.07) is 14.2. The molecule has 0 spiro atoms. The molecule has 2 rings (SSSR count). The normalized spacial score (nSPS) is 12.3. The van der Waals surface area contributed by atoms with Crippen molar-refractivity contribution in [1.82, 2.24) is 0 Å². The molecule has 5 nitrogen and oxygen atoms in total. The Bertz CT molecular complexity index is 744. The second-order valence-corrected chi connectivity index (χ2v) is 7.12. The molecule has 0 saturated heterocycles. The SMILES string of the molecule is C[C@H](Nc1ccc(C(C)(C)C)cc1)C(=O)Nc1ccc(C(N)=O)cc1. The number of primary amides is 1. The van der Waals surface area contributed by atoms with Crippen LogP contribution in [0.25, 0.3) is 0 Å². The lowest BCUT2D eigenvalue weighted by Gasteiger charge is -2.20. The molecule has 5 heteroatoms. The van der Waals surface area contributed by atoms with Crippen molar-refractivity contribution >= 4 is 23.2 Å². The van der Waals surface area contributed by atoms with Crippen LogP contribution in [0.15, 0.2) is 48.5 Å². The molecule has 4 N–H and O–H groups in total. The Morgan fingerprint density at radius 2 is 1.44 bits per heavy atom. The van der Waals surface area contributed by atoms with Gasteiger partial charge in [-0.2, -0.15) is 0 Å². The molecule has 2 aromatic rings. The van der Waals surface area contributed by atoms with E-state index in [0.717, 1.165) is 5.69 Å². The zero-order valence-electron chi connectivity index (χ0n) is 15.1. The van der Waals surface area contributed by atoms with E-state index in [1.165, 1.54) is 5.56 Å². The molecule has 0 unspecified atom stereocenters. The highest BCUT2D eigenvalue weighted by atomic mass is 16.2. The summed E-state index contributed by atoms with van der Waals surface area (Å²) in [6.45, 7) is 8.28. The molecule has 0 saturated carbocycles. The lowest BCUT2D eigenvalue weighted by molar-refractivity contribution is -0.116. The van der Waals surface area contributed by atoms with E-state index in [9.17, 15) is 9.59 Å². The molecule has 0 radical (unpaired) electrons. The summed E-state index contributed by atoms with van der Waals surface area (Å²) < 4.78 is 0. The first kappa shape index (κ1) is 18.5. The summed E-state index contributed by atoms with van der Waals surface area (Å²) in [5, 5.41) is 5.99. The van der Waals surface area contributed by atoms with Crippen molar-refractivity contribution < 1.29 is 9.59 Å². The van der Waals surface area contributed by atoms with Gasteiger partial charge in [-0.1, -0.05) is 32.9 Å². The fraction of sp³-hybridized carbons (Fsp3) is 0.300. The van der Waals surface area contributed by atoms with Crippen LogP contribution in [0.3, 0.4) is 0 Å². The number of nitrogens with two attached hydrogens (primary N) is 1. The number of hydrogen-bond donors (Lipinski definition) is 3. The molecular weight excluding hydrogens is 314 g/mol. The molecule has 0 aliphatic rings. The number of rotatable bonds is 5. The minimum absolute atomic E-state index is 0.0958. The van der Waals surface area contributed by atoms with Crippen molar-refractivity contribution in [3.05, 3.63) is 59.7 Å². The van der Waals surface area contributed by atoms with E-state index in [1.807, 2.05) is 12.1 Å². The summed E-state index contributed by atoms with van der Waals surface area (Å²) >= 11 is 0. The Balaban J connectivity index is 1.96. The van der Waals surface area contributed by atoms with Crippen LogP contribution in [-0.2, 0) is 10.2 Å². The third-order valence-corrected chi connectivity index (χ3v) is 3.96. The van der Waals surface area contributed by atoms with Crippen LogP contribution < -0.4 is 16.4 Å². The average molecular weight is 339 g/mol. The van der Waals surface area contributed by atoms with Crippen molar-refractivity contribution in [3.8, 4) is 0 Å². The fourth-order valence-electron chi connectivity index (χ4n) is 2.35. The average Bonchev–Trinajstić information content (AvgIpc) is 2.55. The first-order chi connectivity index (χ1) is 11.7. The molecular formula is C20H25N3O2. The Labute approximate surface area is 148 Å². The number of amides is 2. The molecule has 0 fully saturated rings. The zero-order chi connectivity index (χ0) is 18.6. The minimum Gasteiger partial charge on any atom is -0.374 e. The quantitative estimate of drug-likeness (QED) is 0.779. The number of carbonyl (C=O) groups is 2. The van der Waals surface area contributed by atoms with Gasteiger partial charge < -0.3 is 16.4 Å². The maximum Gasteiger partial charge on any atom is 0.248 e. The van der Waals surface area contributed by atoms with Crippen molar-refractivity contribution in [2.45, 2.75) is 39.2 Å². The van der Waals surface area contributed by atoms with Crippen molar-refractivity contribution in [1.29, 1.82) is 0 Å².